The monoisotopic (exact) mass is 436 g/mol. The number of hydrogen-bond acceptors (Lipinski definition) is 6. The predicted octanol–water partition coefficient (Wildman–Crippen LogP) is 5.33. The van der Waals surface area contributed by atoms with Gasteiger partial charge in [0.25, 0.3) is 0 Å². The van der Waals surface area contributed by atoms with Crippen LogP contribution >= 0.6 is 11.6 Å². The summed E-state index contributed by atoms with van der Waals surface area (Å²) in [5.74, 6) is 4.66. The molecule has 0 bridgehead atoms. The van der Waals surface area contributed by atoms with Crippen molar-refractivity contribution >= 4 is 28.9 Å². The Kier molecular flexibility index (Phi) is 5.32. The molecule has 6 nitrogen and oxygen atoms in total. The van der Waals surface area contributed by atoms with Gasteiger partial charge in [0.1, 0.15) is 17.5 Å². The third-order valence-electron chi connectivity index (χ3n) is 5.81. The van der Waals surface area contributed by atoms with Crippen LogP contribution in [0.4, 0.5) is 17.3 Å². The molecule has 31 heavy (non-hydrogen) atoms. The lowest BCUT2D eigenvalue weighted by Gasteiger charge is -2.31. The summed E-state index contributed by atoms with van der Waals surface area (Å²) in [4.78, 5) is 12.0. The summed E-state index contributed by atoms with van der Waals surface area (Å²) in [6, 6.07) is 13.9. The molecular formula is C24H25ClN4O2. The van der Waals surface area contributed by atoms with Gasteiger partial charge >= 0.3 is 0 Å². The van der Waals surface area contributed by atoms with Crippen molar-refractivity contribution in [2.45, 2.75) is 31.7 Å². The van der Waals surface area contributed by atoms with Crippen LogP contribution in [0.3, 0.4) is 0 Å². The zero-order valence-corrected chi connectivity index (χ0v) is 18.4. The molecule has 1 aromatic heterocycles. The molecule has 2 aliphatic rings. The fourth-order valence-corrected chi connectivity index (χ4v) is 4.19. The Bertz CT molecular complexity index is 1120. The molecule has 0 saturated heterocycles. The quantitative estimate of drug-likeness (QED) is 0.563. The van der Waals surface area contributed by atoms with Gasteiger partial charge in [0.15, 0.2) is 11.5 Å². The smallest absolute Gasteiger partial charge is 0.161 e. The number of nitrogens with zero attached hydrogens (tertiary/aromatic N) is 3. The standard InChI is InChI=1S/C24H25ClN4O2/c1-30-20-10-16-8-9-29(14-17(16)11-21(20)31-2)23-13-22(27-24(28-23)15-6-7-15)26-19-5-3-4-18(25)12-19/h3-5,10-13,15H,6-9,14H2,1-2H3,(H,26,27,28). The lowest BCUT2D eigenvalue weighted by atomic mass is 9.99. The summed E-state index contributed by atoms with van der Waals surface area (Å²) in [5.41, 5.74) is 3.45. The molecule has 1 aliphatic heterocycles. The van der Waals surface area contributed by atoms with Crippen LogP contribution in [0.2, 0.25) is 5.02 Å². The zero-order valence-electron chi connectivity index (χ0n) is 17.7. The summed E-state index contributed by atoms with van der Waals surface area (Å²) in [6.45, 7) is 1.66. The molecule has 7 heteroatoms. The Hall–Kier alpha value is -2.99. The van der Waals surface area contributed by atoms with Gasteiger partial charge in [-0.1, -0.05) is 17.7 Å². The second-order valence-electron chi connectivity index (χ2n) is 8.03. The van der Waals surface area contributed by atoms with E-state index in [9.17, 15) is 0 Å². The first-order valence-corrected chi connectivity index (χ1v) is 10.9. The van der Waals surface area contributed by atoms with E-state index in [0.29, 0.717) is 10.9 Å². The highest BCUT2D eigenvalue weighted by molar-refractivity contribution is 6.30. The number of aromatic nitrogens is 2. The van der Waals surface area contributed by atoms with Crippen LogP contribution < -0.4 is 19.7 Å². The second-order valence-corrected chi connectivity index (χ2v) is 8.46. The third-order valence-corrected chi connectivity index (χ3v) is 6.05. The van der Waals surface area contributed by atoms with Gasteiger partial charge < -0.3 is 19.7 Å². The van der Waals surface area contributed by atoms with E-state index >= 15 is 0 Å². The van der Waals surface area contributed by atoms with E-state index in [4.69, 9.17) is 31.0 Å². The molecule has 0 unspecified atom stereocenters. The summed E-state index contributed by atoms with van der Waals surface area (Å²) >= 11 is 6.15. The van der Waals surface area contributed by atoms with Crippen molar-refractivity contribution in [3.63, 3.8) is 0 Å². The average molecular weight is 437 g/mol. The summed E-state index contributed by atoms with van der Waals surface area (Å²) in [6.07, 6.45) is 3.23. The fraction of sp³-hybridized carbons (Fsp3) is 0.333. The fourth-order valence-electron chi connectivity index (χ4n) is 4.00. The van der Waals surface area contributed by atoms with Crippen LogP contribution in [0.5, 0.6) is 11.5 Å². The van der Waals surface area contributed by atoms with Crippen LogP contribution in [-0.4, -0.2) is 30.7 Å². The Morgan fingerprint density at radius 2 is 1.77 bits per heavy atom. The lowest BCUT2D eigenvalue weighted by molar-refractivity contribution is 0.353. The van der Waals surface area contributed by atoms with Crippen molar-refractivity contribution in [2.24, 2.45) is 0 Å². The van der Waals surface area contributed by atoms with Gasteiger partial charge in [0.05, 0.1) is 14.2 Å². The first-order valence-electron chi connectivity index (χ1n) is 10.5. The van der Waals surface area contributed by atoms with E-state index in [1.807, 2.05) is 30.3 Å². The Morgan fingerprint density at radius 3 is 2.48 bits per heavy atom. The number of halogens is 1. The van der Waals surface area contributed by atoms with Gasteiger partial charge in [-0.05, 0) is 60.7 Å². The van der Waals surface area contributed by atoms with E-state index in [1.165, 1.54) is 11.1 Å². The minimum absolute atomic E-state index is 0.460. The molecule has 1 fully saturated rings. The van der Waals surface area contributed by atoms with Crippen molar-refractivity contribution in [3.05, 3.63) is 64.4 Å². The van der Waals surface area contributed by atoms with Gasteiger partial charge in [-0.25, -0.2) is 9.97 Å². The Balaban J connectivity index is 1.45. The van der Waals surface area contributed by atoms with Gasteiger partial charge in [-0.3, -0.25) is 0 Å². The summed E-state index contributed by atoms with van der Waals surface area (Å²) in [7, 11) is 3.35. The maximum absolute atomic E-state index is 6.15. The third kappa shape index (κ3) is 4.26. The maximum atomic E-state index is 6.15. The molecule has 1 saturated carbocycles. The summed E-state index contributed by atoms with van der Waals surface area (Å²) in [5, 5.41) is 4.09. The molecule has 5 rings (SSSR count). The van der Waals surface area contributed by atoms with E-state index < -0.39 is 0 Å². The molecular weight excluding hydrogens is 412 g/mol. The molecule has 1 aliphatic carbocycles. The number of ether oxygens (including phenoxy) is 2. The van der Waals surface area contributed by atoms with Crippen LogP contribution in [-0.2, 0) is 13.0 Å². The van der Waals surface area contributed by atoms with Crippen molar-refractivity contribution in [1.29, 1.82) is 0 Å². The van der Waals surface area contributed by atoms with Crippen molar-refractivity contribution in [1.82, 2.24) is 9.97 Å². The highest BCUT2D eigenvalue weighted by Crippen LogP contribution is 2.40. The first kappa shape index (κ1) is 19.9. The van der Waals surface area contributed by atoms with Gasteiger partial charge in [-0.2, -0.15) is 0 Å². The predicted molar refractivity (Wildman–Crippen MR) is 123 cm³/mol. The average Bonchev–Trinajstić information content (AvgIpc) is 3.63. The first-order chi connectivity index (χ1) is 15.1. The molecule has 0 spiro atoms. The Labute approximate surface area is 187 Å². The number of benzene rings is 2. The highest BCUT2D eigenvalue weighted by Gasteiger charge is 2.29. The lowest BCUT2D eigenvalue weighted by Crippen LogP contribution is -2.31. The van der Waals surface area contributed by atoms with Crippen molar-refractivity contribution < 1.29 is 9.47 Å². The molecule has 2 heterocycles. The minimum atomic E-state index is 0.460. The van der Waals surface area contributed by atoms with Crippen LogP contribution in [0.15, 0.2) is 42.5 Å². The minimum Gasteiger partial charge on any atom is -0.493 e. The zero-order chi connectivity index (χ0) is 21.4. The number of hydrogen-bond donors (Lipinski definition) is 1. The van der Waals surface area contributed by atoms with Crippen LogP contribution in [0.1, 0.15) is 35.7 Å². The topological polar surface area (TPSA) is 59.5 Å². The molecule has 0 radical (unpaired) electrons. The normalized spacial score (nSPS) is 15.4. The highest BCUT2D eigenvalue weighted by atomic mass is 35.5. The van der Waals surface area contributed by atoms with Crippen molar-refractivity contribution in [3.8, 4) is 11.5 Å². The number of rotatable bonds is 6. The maximum Gasteiger partial charge on any atom is 0.161 e. The van der Waals surface area contributed by atoms with E-state index in [2.05, 4.69) is 22.3 Å². The largest absolute Gasteiger partial charge is 0.493 e. The van der Waals surface area contributed by atoms with E-state index in [1.54, 1.807) is 14.2 Å². The molecule has 0 amide bonds. The van der Waals surface area contributed by atoms with Gasteiger partial charge in [-0.15, -0.1) is 0 Å². The SMILES string of the molecule is COc1cc2c(cc1OC)CN(c1cc(Nc3cccc(Cl)c3)nc(C3CC3)n1)CC2. The van der Waals surface area contributed by atoms with Crippen LogP contribution in [0, 0.1) is 0 Å². The van der Waals surface area contributed by atoms with E-state index in [0.717, 1.165) is 67.0 Å². The second kappa shape index (κ2) is 8.27. The van der Waals surface area contributed by atoms with Gasteiger partial charge in [0.2, 0.25) is 0 Å². The molecule has 160 valence electrons. The number of anilines is 3. The molecule has 3 aromatic rings. The number of methoxy groups -OCH3 is 2. The molecule has 2 aromatic carbocycles. The molecule has 0 atom stereocenters. The Morgan fingerprint density at radius 1 is 1.00 bits per heavy atom. The van der Waals surface area contributed by atoms with Gasteiger partial charge in [0, 0.05) is 35.8 Å². The number of nitrogens with one attached hydrogen (secondary N) is 1. The summed E-state index contributed by atoms with van der Waals surface area (Å²) < 4.78 is 11.0. The van der Waals surface area contributed by atoms with E-state index in [-0.39, 0.29) is 0 Å². The number of fused-ring (bicyclic) bond motifs is 1. The molecule has 1 N–H and O–H groups in total. The van der Waals surface area contributed by atoms with Crippen LogP contribution in [0.25, 0.3) is 0 Å². The van der Waals surface area contributed by atoms with Crippen molar-refractivity contribution in [2.75, 3.05) is 31.0 Å².